The van der Waals surface area contributed by atoms with E-state index in [0.717, 1.165) is 18.4 Å². The molecule has 0 amide bonds. The maximum absolute atomic E-state index is 12.1. The minimum atomic E-state index is 0.0735. The molecule has 0 saturated carbocycles. The summed E-state index contributed by atoms with van der Waals surface area (Å²) in [6.45, 7) is 1.53. The molecule has 1 saturated heterocycles. The fraction of sp³-hybridized carbons (Fsp3) is 0.500. The number of hydrogen-bond acceptors (Lipinski definition) is 6. The largest absolute Gasteiger partial charge is 0.381 e. The maximum Gasteiger partial charge on any atom is 0.205 e. The van der Waals surface area contributed by atoms with Gasteiger partial charge in [0.2, 0.25) is 5.82 Å². The van der Waals surface area contributed by atoms with Gasteiger partial charge in [0.15, 0.2) is 5.78 Å². The molecule has 3 heterocycles. The third-order valence-electron chi connectivity index (χ3n) is 3.21. The normalized spacial score (nSPS) is 16.6. The van der Waals surface area contributed by atoms with Crippen molar-refractivity contribution in [1.82, 2.24) is 20.2 Å². The Morgan fingerprint density at radius 1 is 1.47 bits per heavy atom. The predicted molar refractivity (Wildman–Crippen MR) is 69.7 cm³/mol. The van der Waals surface area contributed by atoms with Gasteiger partial charge in [-0.25, -0.2) is 0 Å². The van der Waals surface area contributed by atoms with Crippen molar-refractivity contribution in [2.24, 2.45) is 5.92 Å². The van der Waals surface area contributed by atoms with Gasteiger partial charge in [-0.3, -0.25) is 4.79 Å². The van der Waals surface area contributed by atoms with Crippen LogP contribution in [-0.4, -0.2) is 39.2 Å². The van der Waals surface area contributed by atoms with Crippen molar-refractivity contribution in [3.05, 3.63) is 16.8 Å². The second-order valence-corrected chi connectivity index (χ2v) is 5.29. The lowest BCUT2D eigenvalue weighted by Gasteiger charge is -2.20. The number of ketones is 1. The van der Waals surface area contributed by atoms with Crippen LogP contribution in [0.5, 0.6) is 0 Å². The van der Waals surface area contributed by atoms with Crippen molar-refractivity contribution < 1.29 is 9.53 Å². The maximum atomic E-state index is 12.1. The Morgan fingerprint density at radius 2 is 2.32 bits per heavy atom. The van der Waals surface area contributed by atoms with Gasteiger partial charge in [-0.05, 0) is 29.5 Å². The molecule has 1 aliphatic rings. The minimum absolute atomic E-state index is 0.0735. The highest BCUT2D eigenvalue weighted by molar-refractivity contribution is 7.08. The quantitative estimate of drug-likeness (QED) is 0.845. The van der Waals surface area contributed by atoms with Gasteiger partial charge < -0.3 is 4.74 Å². The highest BCUT2D eigenvalue weighted by atomic mass is 32.1. The van der Waals surface area contributed by atoms with Crippen molar-refractivity contribution in [3.63, 3.8) is 0 Å². The minimum Gasteiger partial charge on any atom is -0.381 e. The number of ether oxygens (including phenoxy) is 1. The Morgan fingerprint density at radius 3 is 3.05 bits per heavy atom. The van der Waals surface area contributed by atoms with E-state index in [1.165, 1.54) is 4.80 Å². The van der Waals surface area contributed by atoms with Crippen LogP contribution in [0.1, 0.15) is 12.8 Å². The van der Waals surface area contributed by atoms with E-state index < -0.39 is 0 Å². The molecular formula is C12H14N4O2S. The van der Waals surface area contributed by atoms with Gasteiger partial charge in [0, 0.05) is 30.1 Å². The lowest BCUT2D eigenvalue weighted by atomic mass is 9.95. The van der Waals surface area contributed by atoms with Crippen LogP contribution in [0.4, 0.5) is 0 Å². The first-order valence-electron chi connectivity index (χ1n) is 6.24. The summed E-state index contributed by atoms with van der Waals surface area (Å²) in [6.07, 6.45) is 1.59. The Kier molecular flexibility index (Phi) is 3.65. The van der Waals surface area contributed by atoms with Crippen molar-refractivity contribution in [2.45, 2.75) is 19.4 Å². The van der Waals surface area contributed by atoms with Crippen LogP contribution in [0.25, 0.3) is 11.4 Å². The zero-order valence-electron chi connectivity index (χ0n) is 10.4. The molecule has 0 unspecified atom stereocenters. The molecule has 0 bridgehead atoms. The molecule has 7 heteroatoms. The summed E-state index contributed by atoms with van der Waals surface area (Å²) in [6, 6.07) is 1.94. The summed E-state index contributed by atoms with van der Waals surface area (Å²) < 4.78 is 5.25. The fourth-order valence-electron chi connectivity index (χ4n) is 2.11. The van der Waals surface area contributed by atoms with Gasteiger partial charge in [0.25, 0.3) is 0 Å². The van der Waals surface area contributed by atoms with E-state index in [1.807, 2.05) is 16.8 Å². The number of tetrazole rings is 1. The Labute approximate surface area is 114 Å². The average molecular weight is 278 g/mol. The monoisotopic (exact) mass is 278 g/mol. The zero-order chi connectivity index (χ0) is 13.1. The van der Waals surface area contributed by atoms with E-state index in [9.17, 15) is 4.79 Å². The highest BCUT2D eigenvalue weighted by Gasteiger charge is 2.22. The molecular weight excluding hydrogens is 264 g/mol. The van der Waals surface area contributed by atoms with Gasteiger partial charge >= 0.3 is 0 Å². The van der Waals surface area contributed by atoms with Gasteiger partial charge in [-0.1, -0.05) is 0 Å². The summed E-state index contributed by atoms with van der Waals surface area (Å²) in [7, 11) is 0. The van der Waals surface area contributed by atoms with Crippen LogP contribution >= 0.6 is 11.3 Å². The molecule has 0 aromatic carbocycles. The Balaban J connectivity index is 1.65. The van der Waals surface area contributed by atoms with Gasteiger partial charge in [0.05, 0.1) is 0 Å². The van der Waals surface area contributed by atoms with E-state index >= 15 is 0 Å². The number of Topliss-reactive ketones (excluding diaryl/α,β-unsaturated/α-hetero) is 1. The number of aromatic nitrogens is 4. The highest BCUT2D eigenvalue weighted by Crippen LogP contribution is 2.18. The van der Waals surface area contributed by atoms with Gasteiger partial charge in [-0.2, -0.15) is 16.1 Å². The first-order chi connectivity index (χ1) is 9.33. The first kappa shape index (κ1) is 12.4. The van der Waals surface area contributed by atoms with Crippen LogP contribution in [0.3, 0.4) is 0 Å². The molecule has 2 aromatic rings. The summed E-state index contributed by atoms with van der Waals surface area (Å²) in [5.41, 5.74) is 0.940. The SMILES string of the molecule is O=C(Cn1nnc(-c2ccsc2)n1)C1CCOCC1. The molecule has 100 valence electrons. The van der Waals surface area contributed by atoms with E-state index in [-0.39, 0.29) is 18.2 Å². The molecule has 19 heavy (non-hydrogen) atoms. The lowest BCUT2D eigenvalue weighted by Crippen LogP contribution is -2.27. The van der Waals surface area contributed by atoms with Crippen molar-refractivity contribution >= 4 is 17.1 Å². The number of nitrogens with zero attached hydrogens (tertiary/aromatic N) is 4. The number of rotatable bonds is 4. The van der Waals surface area contributed by atoms with Crippen molar-refractivity contribution in [2.75, 3.05) is 13.2 Å². The van der Waals surface area contributed by atoms with Gasteiger partial charge in [-0.15, -0.1) is 10.2 Å². The standard InChI is InChI=1S/C12H14N4O2S/c17-11(9-1-4-18-5-2-9)7-16-14-12(13-15-16)10-3-6-19-8-10/h3,6,8-9H,1-2,4-5,7H2. The van der Waals surface area contributed by atoms with E-state index in [4.69, 9.17) is 4.74 Å². The second-order valence-electron chi connectivity index (χ2n) is 4.51. The smallest absolute Gasteiger partial charge is 0.205 e. The molecule has 0 aliphatic carbocycles. The molecule has 0 N–H and O–H groups in total. The third kappa shape index (κ3) is 2.87. The molecule has 0 spiro atoms. The van der Waals surface area contributed by atoms with Gasteiger partial charge in [0.1, 0.15) is 6.54 Å². The molecule has 3 rings (SSSR count). The molecule has 6 nitrogen and oxygen atoms in total. The van der Waals surface area contributed by atoms with Crippen LogP contribution in [-0.2, 0) is 16.1 Å². The lowest BCUT2D eigenvalue weighted by molar-refractivity contribution is -0.126. The summed E-state index contributed by atoms with van der Waals surface area (Å²) in [5, 5.41) is 16.1. The van der Waals surface area contributed by atoms with Crippen molar-refractivity contribution in [1.29, 1.82) is 0 Å². The number of carbonyl (C=O) groups excluding carboxylic acids is 1. The Hall–Kier alpha value is -1.60. The van der Waals surface area contributed by atoms with Crippen LogP contribution in [0.2, 0.25) is 0 Å². The summed E-state index contributed by atoms with van der Waals surface area (Å²) >= 11 is 1.58. The second kappa shape index (κ2) is 5.58. The molecule has 0 atom stereocenters. The zero-order valence-corrected chi connectivity index (χ0v) is 11.2. The molecule has 1 fully saturated rings. The topological polar surface area (TPSA) is 69.9 Å². The summed E-state index contributed by atoms with van der Waals surface area (Å²) in [4.78, 5) is 13.5. The summed E-state index contributed by atoms with van der Waals surface area (Å²) in [5.74, 6) is 0.808. The number of carbonyl (C=O) groups is 1. The van der Waals surface area contributed by atoms with Crippen LogP contribution < -0.4 is 0 Å². The predicted octanol–water partition coefficient (Wildman–Crippen LogP) is 1.40. The molecule has 1 aliphatic heterocycles. The van der Waals surface area contributed by atoms with Crippen molar-refractivity contribution in [3.8, 4) is 11.4 Å². The van der Waals surface area contributed by atoms with E-state index in [1.54, 1.807) is 11.3 Å². The third-order valence-corrected chi connectivity index (χ3v) is 3.89. The average Bonchev–Trinajstić information content (AvgIpc) is 3.10. The van der Waals surface area contributed by atoms with Crippen LogP contribution in [0.15, 0.2) is 16.8 Å². The molecule has 2 aromatic heterocycles. The Bertz CT molecular complexity index is 546. The van der Waals surface area contributed by atoms with E-state index in [2.05, 4.69) is 15.4 Å². The van der Waals surface area contributed by atoms with E-state index in [0.29, 0.717) is 19.0 Å². The molecule has 0 radical (unpaired) electrons. The number of thiophene rings is 1. The van der Waals surface area contributed by atoms with Crippen LogP contribution in [0, 0.1) is 5.92 Å². The first-order valence-corrected chi connectivity index (χ1v) is 7.18. The fourth-order valence-corrected chi connectivity index (χ4v) is 2.74. The number of hydrogen-bond donors (Lipinski definition) is 0.